The molecule has 5 rings (SSSR count). The molecule has 2 fully saturated rings. The van der Waals surface area contributed by atoms with Gasteiger partial charge in [0.2, 0.25) is 0 Å². The van der Waals surface area contributed by atoms with Crippen LogP contribution in [0.15, 0.2) is 46.5 Å². The first-order chi connectivity index (χ1) is 14.5. The van der Waals surface area contributed by atoms with E-state index >= 15 is 0 Å². The summed E-state index contributed by atoms with van der Waals surface area (Å²) in [6.45, 7) is 6.99. The Labute approximate surface area is 174 Å². The van der Waals surface area contributed by atoms with E-state index in [1.165, 1.54) is 0 Å². The molecule has 0 spiro atoms. The molecule has 156 valence electrons. The van der Waals surface area contributed by atoms with Gasteiger partial charge in [-0.3, -0.25) is 14.2 Å². The van der Waals surface area contributed by atoms with Gasteiger partial charge >= 0.3 is 0 Å². The third-order valence-electron chi connectivity index (χ3n) is 6.06. The van der Waals surface area contributed by atoms with Crippen LogP contribution >= 0.6 is 0 Å². The average Bonchev–Trinajstić information content (AvgIpc) is 3.59. The van der Waals surface area contributed by atoms with Crippen LogP contribution in [0.3, 0.4) is 0 Å². The number of nitrogens with zero attached hydrogens (tertiary/aromatic N) is 6. The first kappa shape index (κ1) is 18.8. The van der Waals surface area contributed by atoms with Crippen LogP contribution in [0.2, 0.25) is 0 Å². The summed E-state index contributed by atoms with van der Waals surface area (Å²) in [7, 11) is 0. The van der Waals surface area contributed by atoms with Crippen LogP contribution < -0.4 is 20.9 Å². The van der Waals surface area contributed by atoms with Crippen LogP contribution in [0.4, 0.5) is 11.5 Å². The van der Waals surface area contributed by atoms with E-state index in [9.17, 15) is 9.59 Å². The van der Waals surface area contributed by atoms with Crippen LogP contribution in [0.1, 0.15) is 38.8 Å². The van der Waals surface area contributed by atoms with Gasteiger partial charge in [0.15, 0.2) is 5.82 Å². The van der Waals surface area contributed by atoms with E-state index in [1.807, 2.05) is 36.6 Å². The molecule has 3 aromatic rings. The molecule has 0 amide bonds. The second-order valence-electron chi connectivity index (χ2n) is 8.42. The minimum atomic E-state index is -0.00605. The molecule has 2 aliphatic rings. The minimum absolute atomic E-state index is 0.00605. The van der Waals surface area contributed by atoms with Crippen molar-refractivity contribution >= 4 is 22.4 Å². The van der Waals surface area contributed by atoms with Gasteiger partial charge in [-0.2, -0.15) is 0 Å². The van der Waals surface area contributed by atoms with Gasteiger partial charge in [-0.05, 0) is 44.9 Å². The lowest BCUT2D eigenvalue weighted by atomic mass is 10.2. The lowest BCUT2D eigenvalue weighted by Crippen LogP contribution is -2.48. The maximum absolute atomic E-state index is 12.8. The summed E-state index contributed by atoms with van der Waals surface area (Å²) in [5, 5.41) is 0.641. The highest BCUT2D eigenvalue weighted by Crippen LogP contribution is 2.33. The first-order valence-electron chi connectivity index (χ1n) is 10.6. The summed E-state index contributed by atoms with van der Waals surface area (Å²) >= 11 is 0. The fraction of sp³-hybridized carbons (Fsp3) is 0.455. The molecular formula is C22H26N6O2. The predicted octanol–water partition coefficient (Wildman–Crippen LogP) is 2.20. The fourth-order valence-electron chi connectivity index (χ4n) is 4.14. The number of benzene rings is 1. The van der Waals surface area contributed by atoms with Crippen molar-refractivity contribution in [2.45, 2.75) is 38.8 Å². The van der Waals surface area contributed by atoms with Crippen LogP contribution in [0.25, 0.3) is 10.9 Å². The third kappa shape index (κ3) is 3.26. The molecule has 1 aromatic carbocycles. The van der Waals surface area contributed by atoms with Gasteiger partial charge in [0.05, 0.1) is 17.2 Å². The maximum Gasteiger partial charge on any atom is 0.293 e. The van der Waals surface area contributed by atoms with Crippen molar-refractivity contribution in [2.75, 3.05) is 36.0 Å². The number of anilines is 2. The highest BCUT2D eigenvalue weighted by Gasteiger charge is 2.27. The lowest BCUT2D eigenvalue weighted by Gasteiger charge is -2.36. The molecule has 2 aromatic heterocycles. The average molecular weight is 406 g/mol. The largest absolute Gasteiger partial charge is 0.368 e. The number of rotatable bonds is 4. The molecule has 8 nitrogen and oxygen atoms in total. The molecular weight excluding hydrogens is 380 g/mol. The smallest absolute Gasteiger partial charge is 0.293 e. The van der Waals surface area contributed by atoms with Crippen LogP contribution in [0.5, 0.6) is 0 Å². The van der Waals surface area contributed by atoms with Crippen molar-refractivity contribution in [2.24, 2.45) is 0 Å². The van der Waals surface area contributed by atoms with Crippen LogP contribution in [-0.2, 0) is 0 Å². The number of hydrogen-bond acceptors (Lipinski definition) is 6. The summed E-state index contributed by atoms with van der Waals surface area (Å²) in [5.41, 5.74) is 1.78. The summed E-state index contributed by atoms with van der Waals surface area (Å²) in [6.07, 6.45) is 7.32. The fourth-order valence-corrected chi connectivity index (χ4v) is 4.14. The van der Waals surface area contributed by atoms with Gasteiger partial charge in [0.25, 0.3) is 11.1 Å². The van der Waals surface area contributed by atoms with Crippen LogP contribution in [-0.4, -0.2) is 45.3 Å². The SMILES string of the molecule is CC(C)n1cnc2cc(N3CCN(c4nccn(C5CC5)c4=O)CC3)ccc2c1=O. The van der Waals surface area contributed by atoms with Crippen molar-refractivity contribution in [3.63, 3.8) is 0 Å². The van der Waals surface area contributed by atoms with Gasteiger partial charge in [-0.15, -0.1) is 0 Å². The molecule has 1 saturated heterocycles. The number of fused-ring (bicyclic) bond motifs is 1. The molecule has 1 saturated carbocycles. The Morgan fingerprint density at radius 3 is 2.40 bits per heavy atom. The number of hydrogen-bond donors (Lipinski definition) is 0. The zero-order chi connectivity index (χ0) is 20.8. The summed E-state index contributed by atoms with van der Waals surface area (Å²) in [6, 6.07) is 6.28. The maximum atomic E-state index is 12.8. The van der Waals surface area contributed by atoms with Gasteiger partial charge in [0, 0.05) is 56.3 Å². The van der Waals surface area contributed by atoms with E-state index in [4.69, 9.17) is 0 Å². The first-order valence-corrected chi connectivity index (χ1v) is 10.6. The zero-order valence-electron chi connectivity index (χ0n) is 17.4. The second-order valence-corrected chi connectivity index (χ2v) is 8.42. The predicted molar refractivity (Wildman–Crippen MR) is 118 cm³/mol. The van der Waals surface area contributed by atoms with Crippen molar-refractivity contribution < 1.29 is 0 Å². The monoisotopic (exact) mass is 406 g/mol. The van der Waals surface area contributed by atoms with Gasteiger partial charge in [0.1, 0.15) is 0 Å². The molecule has 1 aliphatic heterocycles. The van der Waals surface area contributed by atoms with E-state index in [0.717, 1.165) is 44.7 Å². The highest BCUT2D eigenvalue weighted by atomic mass is 16.1. The highest BCUT2D eigenvalue weighted by molar-refractivity contribution is 5.81. The van der Waals surface area contributed by atoms with E-state index < -0.39 is 0 Å². The molecule has 0 radical (unpaired) electrons. The zero-order valence-corrected chi connectivity index (χ0v) is 17.4. The summed E-state index contributed by atoms with van der Waals surface area (Å²) < 4.78 is 3.48. The Hall–Kier alpha value is -3.16. The third-order valence-corrected chi connectivity index (χ3v) is 6.06. The Kier molecular flexibility index (Phi) is 4.56. The van der Waals surface area contributed by atoms with Gasteiger partial charge in [-0.1, -0.05) is 0 Å². The Bertz CT molecular complexity index is 1200. The standard InChI is InChI=1S/C22H26N6O2/c1-15(2)28-14-24-19-13-17(5-6-18(19)21(28)29)25-9-11-26(12-10-25)20-22(30)27(8-7-23-20)16-3-4-16/h5-8,13-16H,3-4,9-12H2,1-2H3. The van der Waals surface area contributed by atoms with Gasteiger partial charge in [-0.25, -0.2) is 9.97 Å². The number of aromatic nitrogens is 4. The van der Waals surface area contributed by atoms with E-state index in [1.54, 1.807) is 23.3 Å². The molecule has 3 heterocycles. The topological polar surface area (TPSA) is 76.3 Å². The summed E-state index contributed by atoms with van der Waals surface area (Å²) in [4.78, 5) is 38.6. The lowest BCUT2D eigenvalue weighted by molar-refractivity contribution is 0.573. The second kappa shape index (κ2) is 7.27. The van der Waals surface area contributed by atoms with Crippen molar-refractivity contribution in [3.05, 3.63) is 57.6 Å². The quantitative estimate of drug-likeness (QED) is 0.661. The molecule has 0 bridgehead atoms. The Morgan fingerprint density at radius 1 is 0.967 bits per heavy atom. The molecule has 1 aliphatic carbocycles. The van der Waals surface area contributed by atoms with Gasteiger partial charge < -0.3 is 14.4 Å². The van der Waals surface area contributed by atoms with E-state index in [-0.39, 0.29) is 17.2 Å². The Balaban J connectivity index is 1.35. The molecule has 0 atom stereocenters. The van der Waals surface area contributed by atoms with Crippen molar-refractivity contribution in [3.8, 4) is 0 Å². The molecule has 30 heavy (non-hydrogen) atoms. The van der Waals surface area contributed by atoms with Crippen LogP contribution in [0, 0.1) is 0 Å². The molecule has 0 unspecified atom stereocenters. The Morgan fingerprint density at radius 2 is 1.70 bits per heavy atom. The molecule has 0 N–H and O–H groups in total. The van der Waals surface area contributed by atoms with Crippen molar-refractivity contribution in [1.82, 2.24) is 19.1 Å². The minimum Gasteiger partial charge on any atom is -0.368 e. The summed E-state index contributed by atoms with van der Waals surface area (Å²) in [5.74, 6) is 0.554. The normalized spacial score (nSPS) is 17.2. The van der Waals surface area contributed by atoms with E-state index in [0.29, 0.717) is 22.8 Å². The number of piperazine rings is 1. The van der Waals surface area contributed by atoms with Crippen molar-refractivity contribution in [1.29, 1.82) is 0 Å². The van der Waals surface area contributed by atoms with E-state index in [2.05, 4.69) is 19.8 Å². The molecule has 8 heteroatoms.